The van der Waals surface area contributed by atoms with Crippen molar-refractivity contribution in [2.24, 2.45) is 11.8 Å². The molecule has 0 saturated heterocycles. The quantitative estimate of drug-likeness (QED) is 0.226. The summed E-state index contributed by atoms with van der Waals surface area (Å²) < 4.78 is 5.23. The van der Waals surface area contributed by atoms with E-state index < -0.39 is 23.6 Å². The molecular weight excluding hydrogens is 478 g/mol. The molecule has 11 heteroatoms. The van der Waals surface area contributed by atoms with Crippen LogP contribution in [0.15, 0.2) is 48.6 Å². The summed E-state index contributed by atoms with van der Waals surface area (Å²) >= 11 is 0. The van der Waals surface area contributed by atoms with E-state index in [9.17, 15) is 24.0 Å². The van der Waals surface area contributed by atoms with Crippen LogP contribution in [0.3, 0.4) is 0 Å². The normalized spacial score (nSPS) is 15.3. The molecule has 0 bridgehead atoms. The molecule has 0 aliphatic heterocycles. The zero-order valence-corrected chi connectivity index (χ0v) is 21.5. The van der Waals surface area contributed by atoms with Crippen molar-refractivity contribution in [2.75, 3.05) is 26.2 Å². The lowest BCUT2D eigenvalue weighted by molar-refractivity contribution is -0.125. The fraction of sp³-hybridized carbons (Fsp3) is 0.500. The predicted octanol–water partition coefficient (Wildman–Crippen LogP) is 0.609. The SMILES string of the molecule is CC(C)(C)OC(=O)N[C@H](CCC(=O)NCCNC(=O)C1C=CC=C1)C(=O)NCCNC(=O)C1C=CC=C1. The number of carbonyl (C=O) groups is 5. The highest BCUT2D eigenvalue weighted by Crippen LogP contribution is 2.09. The van der Waals surface area contributed by atoms with Crippen LogP contribution in [0.5, 0.6) is 0 Å². The van der Waals surface area contributed by atoms with Crippen LogP contribution < -0.4 is 26.6 Å². The van der Waals surface area contributed by atoms with Gasteiger partial charge in [0.2, 0.25) is 23.6 Å². The molecule has 0 unspecified atom stereocenters. The molecule has 0 radical (unpaired) electrons. The second-order valence-electron chi connectivity index (χ2n) is 9.55. The van der Waals surface area contributed by atoms with Crippen LogP contribution in [0.25, 0.3) is 0 Å². The second-order valence-corrected chi connectivity index (χ2v) is 9.55. The predicted molar refractivity (Wildman–Crippen MR) is 138 cm³/mol. The van der Waals surface area contributed by atoms with Gasteiger partial charge < -0.3 is 31.3 Å². The van der Waals surface area contributed by atoms with Crippen LogP contribution in [0.2, 0.25) is 0 Å². The van der Waals surface area contributed by atoms with Gasteiger partial charge in [0.25, 0.3) is 0 Å². The number of carbonyl (C=O) groups excluding carboxylic acids is 5. The molecule has 0 aromatic carbocycles. The van der Waals surface area contributed by atoms with Gasteiger partial charge in [0.1, 0.15) is 11.6 Å². The van der Waals surface area contributed by atoms with Gasteiger partial charge in [-0.15, -0.1) is 0 Å². The van der Waals surface area contributed by atoms with E-state index in [1.54, 1.807) is 69.4 Å². The molecule has 1 atom stereocenters. The van der Waals surface area contributed by atoms with E-state index in [0.717, 1.165) is 0 Å². The van der Waals surface area contributed by atoms with E-state index in [1.807, 2.05) is 0 Å². The minimum absolute atomic E-state index is 0.0327. The average molecular weight is 516 g/mol. The Morgan fingerprint density at radius 1 is 0.730 bits per heavy atom. The molecular formula is C26H37N5O6. The number of nitrogens with one attached hydrogen (secondary N) is 5. The van der Waals surface area contributed by atoms with E-state index in [1.165, 1.54) is 0 Å². The molecule has 2 rings (SSSR count). The molecule has 11 nitrogen and oxygen atoms in total. The fourth-order valence-electron chi connectivity index (χ4n) is 3.41. The van der Waals surface area contributed by atoms with E-state index in [0.29, 0.717) is 0 Å². The molecule has 5 N–H and O–H groups in total. The standard InChI is InChI=1S/C26H37N5O6/c1-26(2,3)37-25(36)31-20(24(35)30-17-16-29-23(34)19-10-6-7-11-19)12-13-21(32)27-14-15-28-22(33)18-8-4-5-9-18/h4-11,18-20H,12-17H2,1-3H3,(H,27,32)(H,28,33)(H,29,34)(H,30,35)(H,31,36)/t20-/m1/s1. The zero-order chi connectivity index (χ0) is 27.3. The highest BCUT2D eigenvalue weighted by Gasteiger charge is 2.25. The molecule has 0 aromatic heterocycles. The van der Waals surface area contributed by atoms with Gasteiger partial charge in [-0.2, -0.15) is 0 Å². The van der Waals surface area contributed by atoms with Crippen LogP contribution in [-0.4, -0.2) is 67.5 Å². The van der Waals surface area contributed by atoms with Crippen molar-refractivity contribution in [3.8, 4) is 0 Å². The first-order valence-corrected chi connectivity index (χ1v) is 12.3. The van der Waals surface area contributed by atoms with E-state index >= 15 is 0 Å². The smallest absolute Gasteiger partial charge is 0.408 e. The molecule has 37 heavy (non-hydrogen) atoms. The third-order valence-electron chi connectivity index (χ3n) is 5.24. The van der Waals surface area contributed by atoms with Crippen molar-refractivity contribution < 1.29 is 28.7 Å². The van der Waals surface area contributed by atoms with Gasteiger partial charge >= 0.3 is 6.09 Å². The van der Waals surface area contributed by atoms with Crippen molar-refractivity contribution in [1.82, 2.24) is 26.6 Å². The fourth-order valence-corrected chi connectivity index (χ4v) is 3.41. The number of ether oxygens (including phenoxy) is 1. The minimum atomic E-state index is -1.02. The lowest BCUT2D eigenvalue weighted by Crippen LogP contribution is -2.50. The Morgan fingerprint density at radius 2 is 1.19 bits per heavy atom. The lowest BCUT2D eigenvalue weighted by atomic mass is 10.1. The first-order chi connectivity index (χ1) is 17.5. The second kappa shape index (κ2) is 14.6. The van der Waals surface area contributed by atoms with Crippen molar-refractivity contribution in [1.29, 1.82) is 0 Å². The van der Waals surface area contributed by atoms with Gasteiger partial charge in [0.05, 0.1) is 11.8 Å². The molecule has 0 spiro atoms. The largest absolute Gasteiger partial charge is 0.444 e. The monoisotopic (exact) mass is 515 g/mol. The van der Waals surface area contributed by atoms with Gasteiger partial charge in [0, 0.05) is 32.6 Å². The van der Waals surface area contributed by atoms with Gasteiger partial charge in [-0.05, 0) is 27.2 Å². The number of amides is 5. The Balaban J connectivity index is 1.75. The summed E-state index contributed by atoms with van der Waals surface area (Å²) in [5.41, 5.74) is -0.760. The highest BCUT2D eigenvalue weighted by atomic mass is 16.6. The molecule has 0 saturated carbocycles. The Bertz CT molecular complexity index is 939. The maximum absolute atomic E-state index is 12.7. The number of alkyl carbamates (subject to hydrolysis) is 1. The summed E-state index contributed by atoms with van der Waals surface area (Å²) in [6, 6.07) is -1.02. The van der Waals surface area contributed by atoms with Crippen LogP contribution in [0.1, 0.15) is 33.6 Å². The molecule has 202 valence electrons. The van der Waals surface area contributed by atoms with Crippen LogP contribution >= 0.6 is 0 Å². The lowest BCUT2D eigenvalue weighted by Gasteiger charge is -2.23. The molecule has 2 aliphatic carbocycles. The molecule has 0 fully saturated rings. The van der Waals surface area contributed by atoms with E-state index in [-0.39, 0.29) is 68.6 Å². The summed E-state index contributed by atoms with van der Waals surface area (Å²) in [5, 5.41) is 13.3. The van der Waals surface area contributed by atoms with Crippen LogP contribution in [-0.2, 0) is 23.9 Å². The number of hydrogen-bond donors (Lipinski definition) is 5. The molecule has 5 amide bonds. The minimum Gasteiger partial charge on any atom is -0.444 e. The Hall–Kier alpha value is -3.89. The summed E-state index contributed by atoms with van der Waals surface area (Å²) in [7, 11) is 0. The van der Waals surface area contributed by atoms with Crippen LogP contribution in [0, 0.1) is 11.8 Å². The first-order valence-electron chi connectivity index (χ1n) is 12.3. The van der Waals surface area contributed by atoms with Gasteiger partial charge in [-0.3, -0.25) is 19.2 Å². The van der Waals surface area contributed by atoms with Crippen molar-refractivity contribution in [3.63, 3.8) is 0 Å². The van der Waals surface area contributed by atoms with Gasteiger partial charge in [-0.1, -0.05) is 48.6 Å². The zero-order valence-electron chi connectivity index (χ0n) is 21.5. The third kappa shape index (κ3) is 11.6. The summed E-state index contributed by atoms with van der Waals surface area (Å²) in [5.74, 6) is -1.77. The highest BCUT2D eigenvalue weighted by molar-refractivity contribution is 5.87. The Morgan fingerprint density at radius 3 is 1.68 bits per heavy atom. The Labute approximate surface area is 217 Å². The third-order valence-corrected chi connectivity index (χ3v) is 5.24. The van der Waals surface area contributed by atoms with E-state index in [4.69, 9.17) is 4.74 Å². The van der Waals surface area contributed by atoms with Gasteiger partial charge in [-0.25, -0.2) is 4.79 Å². The van der Waals surface area contributed by atoms with Crippen LogP contribution in [0.4, 0.5) is 4.79 Å². The summed E-state index contributed by atoms with van der Waals surface area (Å²) in [6.45, 7) is 5.95. The number of rotatable bonds is 13. The van der Waals surface area contributed by atoms with Crippen molar-refractivity contribution >= 4 is 29.7 Å². The topological polar surface area (TPSA) is 155 Å². The summed E-state index contributed by atoms with van der Waals surface area (Å²) in [6.07, 6.45) is 13.5. The molecule has 0 aromatic rings. The van der Waals surface area contributed by atoms with Gasteiger partial charge in [0.15, 0.2) is 0 Å². The average Bonchev–Trinajstić information content (AvgIpc) is 3.55. The molecule has 2 aliphatic rings. The van der Waals surface area contributed by atoms with E-state index in [2.05, 4.69) is 26.6 Å². The summed E-state index contributed by atoms with van der Waals surface area (Å²) in [4.78, 5) is 61.2. The first kappa shape index (κ1) is 29.3. The molecule has 0 heterocycles. The maximum Gasteiger partial charge on any atom is 0.408 e. The Kier molecular flexibility index (Phi) is 11.6. The van der Waals surface area contributed by atoms with Crippen molar-refractivity contribution in [3.05, 3.63) is 48.6 Å². The number of hydrogen-bond acceptors (Lipinski definition) is 6. The maximum atomic E-state index is 12.7. The van der Waals surface area contributed by atoms with Crippen molar-refractivity contribution in [2.45, 2.75) is 45.3 Å². The number of allylic oxidation sites excluding steroid dienone is 4.